The highest BCUT2D eigenvalue weighted by molar-refractivity contribution is 5.94. The minimum Gasteiger partial charge on any atom is -0.369 e. The number of hydrogen-bond donors (Lipinski definition) is 1. The Morgan fingerprint density at radius 1 is 0.939 bits per heavy atom. The topological polar surface area (TPSA) is 83.7 Å². The zero-order chi connectivity index (χ0) is 23.4. The zero-order valence-electron chi connectivity index (χ0n) is 19.3. The lowest BCUT2D eigenvalue weighted by Gasteiger charge is -2.41. The van der Waals surface area contributed by atoms with Gasteiger partial charge in [0.2, 0.25) is 11.8 Å². The molecule has 0 spiro atoms. The Bertz CT molecular complexity index is 1010. The lowest BCUT2D eigenvalue weighted by molar-refractivity contribution is -0.130. The van der Waals surface area contributed by atoms with Gasteiger partial charge in [-0.1, -0.05) is 42.5 Å². The number of carbonyl (C=O) groups is 3. The molecular weight excluding hydrogens is 414 g/mol. The van der Waals surface area contributed by atoms with Crippen molar-refractivity contribution in [2.75, 3.05) is 26.2 Å². The van der Waals surface area contributed by atoms with Gasteiger partial charge in [-0.15, -0.1) is 0 Å². The van der Waals surface area contributed by atoms with E-state index in [1.165, 1.54) is 5.56 Å². The number of amides is 3. The first-order valence-electron chi connectivity index (χ1n) is 11.9. The van der Waals surface area contributed by atoms with Crippen LogP contribution < -0.4 is 5.73 Å². The van der Waals surface area contributed by atoms with Crippen molar-refractivity contribution in [3.05, 3.63) is 71.3 Å². The number of likely N-dealkylation sites (tertiary alicyclic amines) is 2. The van der Waals surface area contributed by atoms with Crippen LogP contribution in [0.4, 0.5) is 0 Å². The van der Waals surface area contributed by atoms with Crippen LogP contribution in [0.2, 0.25) is 0 Å². The molecule has 0 aliphatic carbocycles. The highest BCUT2D eigenvalue weighted by atomic mass is 16.2. The van der Waals surface area contributed by atoms with Crippen molar-refractivity contribution in [3.8, 4) is 0 Å². The summed E-state index contributed by atoms with van der Waals surface area (Å²) in [6.07, 6.45) is 3.70. The molecule has 33 heavy (non-hydrogen) atoms. The standard InChI is InChI=1S/C27H33N3O3/c1-20(31)30-15-7-11-23(19-30)24-12-6-5-10-22(24)18-27(26(28)33)13-16-29(17-14-27)25(32)21-8-3-2-4-9-21/h2-6,8-10,12,23H,7,11,13-19H2,1H3,(H2,28,33)/t23-/m0/s1. The summed E-state index contributed by atoms with van der Waals surface area (Å²) in [5.41, 5.74) is 8.33. The molecule has 2 aliphatic rings. The third kappa shape index (κ3) is 4.95. The lowest BCUT2D eigenvalue weighted by atomic mass is 9.71. The molecule has 3 amide bonds. The van der Waals surface area contributed by atoms with Crippen molar-refractivity contribution in [1.82, 2.24) is 9.80 Å². The molecule has 2 saturated heterocycles. The van der Waals surface area contributed by atoms with E-state index in [2.05, 4.69) is 12.1 Å². The molecule has 2 aliphatic heterocycles. The predicted molar refractivity (Wildman–Crippen MR) is 128 cm³/mol. The SMILES string of the molecule is CC(=O)N1CCC[C@H](c2ccccc2CC2(C(N)=O)CCN(C(=O)c3ccccc3)CC2)C1. The van der Waals surface area contributed by atoms with Crippen LogP contribution in [0.15, 0.2) is 54.6 Å². The van der Waals surface area contributed by atoms with Crippen LogP contribution >= 0.6 is 0 Å². The van der Waals surface area contributed by atoms with Crippen LogP contribution in [0, 0.1) is 5.41 Å². The van der Waals surface area contributed by atoms with E-state index in [-0.39, 0.29) is 23.6 Å². The maximum absolute atomic E-state index is 12.9. The molecule has 6 heteroatoms. The highest BCUT2D eigenvalue weighted by Crippen LogP contribution is 2.38. The largest absolute Gasteiger partial charge is 0.369 e. The number of hydrogen-bond acceptors (Lipinski definition) is 3. The summed E-state index contributed by atoms with van der Waals surface area (Å²) in [5, 5.41) is 0. The molecule has 2 aromatic carbocycles. The van der Waals surface area contributed by atoms with Crippen molar-refractivity contribution < 1.29 is 14.4 Å². The van der Waals surface area contributed by atoms with E-state index in [1.807, 2.05) is 52.3 Å². The van der Waals surface area contributed by atoms with E-state index in [0.717, 1.165) is 31.5 Å². The molecule has 0 saturated carbocycles. The Hall–Kier alpha value is -3.15. The van der Waals surface area contributed by atoms with E-state index in [9.17, 15) is 14.4 Å². The summed E-state index contributed by atoms with van der Waals surface area (Å²) < 4.78 is 0. The van der Waals surface area contributed by atoms with Crippen LogP contribution in [-0.2, 0) is 16.0 Å². The normalized spacial score (nSPS) is 20.3. The van der Waals surface area contributed by atoms with Crippen molar-refractivity contribution in [3.63, 3.8) is 0 Å². The van der Waals surface area contributed by atoms with Crippen LogP contribution in [0.5, 0.6) is 0 Å². The minimum absolute atomic E-state index is 0.000556. The molecule has 2 heterocycles. The van der Waals surface area contributed by atoms with E-state index in [1.54, 1.807) is 6.92 Å². The van der Waals surface area contributed by atoms with Crippen molar-refractivity contribution in [2.45, 2.75) is 44.9 Å². The van der Waals surface area contributed by atoms with Crippen LogP contribution in [0.25, 0.3) is 0 Å². The number of primary amides is 1. The third-order valence-electron chi connectivity index (χ3n) is 7.44. The van der Waals surface area contributed by atoms with E-state index >= 15 is 0 Å². The second-order valence-corrected chi connectivity index (χ2v) is 9.48. The van der Waals surface area contributed by atoms with E-state index in [4.69, 9.17) is 5.73 Å². The summed E-state index contributed by atoms with van der Waals surface area (Å²) in [7, 11) is 0. The molecule has 2 aromatic rings. The highest BCUT2D eigenvalue weighted by Gasteiger charge is 2.42. The maximum atomic E-state index is 12.9. The van der Waals surface area contributed by atoms with E-state index < -0.39 is 5.41 Å². The molecule has 0 radical (unpaired) electrons. The maximum Gasteiger partial charge on any atom is 0.253 e. The van der Waals surface area contributed by atoms with Gasteiger partial charge in [0.25, 0.3) is 5.91 Å². The van der Waals surface area contributed by atoms with Crippen molar-refractivity contribution in [1.29, 1.82) is 0 Å². The summed E-state index contributed by atoms with van der Waals surface area (Å²) in [6, 6.07) is 17.5. The first kappa shape index (κ1) is 23.0. The molecule has 2 fully saturated rings. The molecule has 0 bridgehead atoms. The van der Waals surface area contributed by atoms with Gasteiger partial charge < -0.3 is 15.5 Å². The molecule has 6 nitrogen and oxygen atoms in total. The fourth-order valence-corrected chi connectivity index (χ4v) is 5.39. The fraction of sp³-hybridized carbons (Fsp3) is 0.444. The van der Waals surface area contributed by atoms with Gasteiger partial charge in [0.15, 0.2) is 0 Å². The summed E-state index contributed by atoms with van der Waals surface area (Å²) in [5.74, 6) is 0.0866. The van der Waals surface area contributed by atoms with Crippen LogP contribution in [0.3, 0.4) is 0 Å². The Morgan fingerprint density at radius 3 is 2.27 bits per heavy atom. The third-order valence-corrected chi connectivity index (χ3v) is 7.44. The number of nitrogens with two attached hydrogens (primary N) is 1. The Balaban J connectivity index is 1.51. The van der Waals surface area contributed by atoms with Gasteiger partial charge in [0.05, 0.1) is 5.41 Å². The molecule has 0 unspecified atom stereocenters. The second-order valence-electron chi connectivity index (χ2n) is 9.48. The Morgan fingerprint density at radius 2 is 1.61 bits per heavy atom. The molecular formula is C27H33N3O3. The van der Waals surface area contributed by atoms with Gasteiger partial charge in [-0.05, 0) is 55.4 Å². The molecule has 4 rings (SSSR count). The first-order chi connectivity index (χ1) is 15.9. The number of carbonyl (C=O) groups excluding carboxylic acids is 3. The van der Waals surface area contributed by atoms with Crippen LogP contribution in [-0.4, -0.2) is 53.7 Å². The molecule has 174 valence electrons. The number of rotatable bonds is 5. The lowest BCUT2D eigenvalue weighted by Crippen LogP contribution is -2.50. The Labute approximate surface area is 195 Å². The average Bonchev–Trinajstić information content (AvgIpc) is 2.85. The van der Waals surface area contributed by atoms with Gasteiger partial charge in [-0.3, -0.25) is 14.4 Å². The smallest absolute Gasteiger partial charge is 0.253 e. The van der Waals surface area contributed by atoms with E-state index in [0.29, 0.717) is 37.9 Å². The number of nitrogens with zero attached hydrogens (tertiary/aromatic N) is 2. The number of benzene rings is 2. The van der Waals surface area contributed by atoms with Crippen molar-refractivity contribution >= 4 is 17.7 Å². The minimum atomic E-state index is -0.668. The zero-order valence-corrected chi connectivity index (χ0v) is 19.3. The predicted octanol–water partition coefficient (Wildman–Crippen LogP) is 3.36. The van der Waals surface area contributed by atoms with Gasteiger partial charge in [0, 0.05) is 44.6 Å². The summed E-state index contributed by atoms with van der Waals surface area (Å²) in [4.78, 5) is 41.3. The Kier molecular flexibility index (Phi) is 6.82. The van der Waals surface area contributed by atoms with Gasteiger partial charge in [-0.2, -0.15) is 0 Å². The summed E-state index contributed by atoms with van der Waals surface area (Å²) >= 11 is 0. The monoisotopic (exact) mass is 447 g/mol. The quantitative estimate of drug-likeness (QED) is 0.763. The summed E-state index contributed by atoms with van der Waals surface area (Å²) in [6.45, 7) is 4.18. The number of piperidine rings is 2. The van der Waals surface area contributed by atoms with Gasteiger partial charge in [-0.25, -0.2) is 0 Å². The first-order valence-corrected chi connectivity index (χ1v) is 11.9. The second kappa shape index (κ2) is 9.77. The average molecular weight is 448 g/mol. The van der Waals surface area contributed by atoms with Gasteiger partial charge >= 0.3 is 0 Å². The fourth-order valence-electron chi connectivity index (χ4n) is 5.39. The molecule has 0 aromatic heterocycles. The van der Waals surface area contributed by atoms with Gasteiger partial charge in [0.1, 0.15) is 0 Å². The van der Waals surface area contributed by atoms with Crippen LogP contribution in [0.1, 0.15) is 60.0 Å². The van der Waals surface area contributed by atoms with Crippen molar-refractivity contribution in [2.24, 2.45) is 11.1 Å². The molecule has 1 atom stereocenters. The molecule has 2 N–H and O–H groups in total.